The molecule has 2 amide bonds. The molecule has 0 aliphatic carbocycles. The predicted octanol–water partition coefficient (Wildman–Crippen LogP) is 3.80. The molecule has 6 rings (SSSR count). The second kappa shape index (κ2) is 12.5. The number of piperazine rings is 1. The van der Waals surface area contributed by atoms with Crippen LogP contribution in [0.1, 0.15) is 17.3 Å². The fourth-order valence-electron chi connectivity index (χ4n) is 5.57. The Bertz CT molecular complexity index is 2010. The van der Waals surface area contributed by atoms with Crippen LogP contribution in [-0.2, 0) is 9.53 Å². The molecular formula is C32H27F3N6O6. The van der Waals surface area contributed by atoms with Crippen molar-refractivity contribution >= 4 is 45.9 Å². The molecule has 12 nitrogen and oxygen atoms in total. The third-order valence-corrected chi connectivity index (χ3v) is 7.90. The quantitative estimate of drug-likeness (QED) is 0.307. The van der Waals surface area contributed by atoms with Gasteiger partial charge < -0.3 is 29.5 Å². The summed E-state index contributed by atoms with van der Waals surface area (Å²) in [6.45, 7) is 2.79. The standard InChI is InChI=1S/C32H27F3N6O6/c1-18(42)36-7-6-21-16-40(32(46)47-21)20-3-4-26(24(34)12-20)38-8-10-39(11-9-38)28-14-27-22(13-25(28)35)30(43)23(31(44)45)17-41(27)29-5-2-19(33)15-37-29/h2-6,12-15,17H,7-11,16H2,1H3,(H,36,42)(H,44,45)/b21-6-. The van der Waals surface area contributed by atoms with E-state index in [9.17, 15) is 28.7 Å². The summed E-state index contributed by atoms with van der Waals surface area (Å²) in [7, 11) is 0. The summed E-state index contributed by atoms with van der Waals surface area (Å²) in [5.41, 5.74) is -0.575. The number of hydrogen-bond donors (Lipinski definition) is 2. The van der Waals surface area contributed by atoms with Crippen LogP contribution in [0.4, 0.5) is 35.0 Å². The number of rotatable bonds is 7. The normalized spacial score (nSPS) is 15.8. The van der Waals surface area contributed by atoms with Crippen molar-refractivity contribution in [3.63, 3.8) is 0 Å². The molecule has 4 heterocycles. The largest absolute Gasteiger partial charge is 0.477 e. The first-order valence-corrected chi connectivity index (χ1v) is 14.5. The molecule has 2 aromatic heterocycles. The van der Waals surface area contributed by atoms with Crippen LogP contribution in [0.5, 0.6) is 0 Å². The van der Waals surface area contributed by atoms with Gasteiger partial charge in [0.25, 0.3) is 0 Å². The van der Waals surface area contributed by atoms with Crippen molar-refractivity contribution in [3.05, 3.63) is 99.9 Å². The molecule has 0 radical (unpaired) electrons. The predicted molar refractivity (Wildman–Crippen MR) is 166 cm³/mol. The lowest BCUT2D eigenvalue weighted by Crippen LogP contribution is -2.47. The average molecular weight is 649 g/mol. The van der Waals surface area contributed by atoms with Crippen molar-refractivity contribution in [2.24, 2.45) is 0 Å². The van der Waals surface area contributed by atoms with Gasteiger partial charge in [0.05, 0.1) is 40.7 Å². The van der Waals surface area contributed by atoms with E-state index in [-0.39, 0.29) is 54.5 Å². The first-order chi connectivity index (χ1) is 22.5. The van der Waals surface area contributed by atoms with Crippen LogP contribution in [0.25, 0.3) is 16.7 Å². The number of amides is 2. The van der Waals surface area contributed by atoms with Gasteiger partial charge in [-0.05, 0) is 48.5 Å². The zero-order valence-electron chi connectivity index (χ0n) is 24.9. The molecule has 2 fully saturated rings. The topological polar surface area (TPSA) is 137 Å². The Labute approximate surface area is 264 Å². The molecule has 2 N–H and O–H groups in total. The minimum absolute atomic E-state index is 0.0792. The Balaban J connectivity index is 1.22. The van der Waals surface area contributed by atoms with E-state index in [2.05, 4.69) is 10.3 Å². The summed E-state index contributed by atoms with van der Waals surface area (Å²) in [5.74, 6) is -3.21. The summed E-state index contributed by atoms with van der Waals surface area (Å²) in [4.78, 5) is 57.0. The number of aromatic carboxylic acids is 1. The fraction of sp³-hybridized carbons (Fsp3) is 0.219. The van der Waals surface area contributed by atoms with Crippen molar-refractivity contribution in [2.75, 3.05) is 54.0 Å². The highest BCUT2D eigenvalue weighted by atomic mass is 19.1. The lowest BCUT2D eigenvalue weighted by molar-refractivity contribution is -0.118. The molecule has 2 saturated heterocycles. The number of ether oxygens (including phenoxy) is 1. The molecule has 2 aromatic carbocycles. The number of pyridine rings is 2. The Kier molecular flexibility index (Phi) is 8.28. The minimum Gasteiger partial charge on any atom is -0.477 e. The Morgan fingerprint density at radius 1 is 0.979 bits per heavy atom. The summed E-state index contributed by atoms with van der Waals surface area (Å²) in [5, 5.41) is 12.0. The van der Waals surface area contributed by atoms with E-state index < -0.39 is 40.5 Å². The first kappa shape index (κ1) is 31.1. The smallest absolute Gasteiger partial charge is 0.419 e. The monoisotopic (exact) mass is 648 g/mol. The summed E-state index contributed by atoms with van der Waals surface area (Å²) in [6, 6.07) is 9.22. The molecule has 4 aromatic rings. The van der Waals surface area contributed by atoms with Crippen LogP contribution in [-0.4, -0.2) is 71.9 Å². The molecule has 0 bridgehead atoms. The minimum atomic E-state index is -1.51. The maximum absolute atomic E-state index is 15.5. The van der Waals surface area contributed by atoms with Crippen LogP contribution in [0.3, 0.4) is 0 Å². The number of halogens is 3. The van der Waals surface area contributed by atoms with Gasteiger partial charge in [-0.25, -0.2) is 27.7 Å². The van der Waals surface area contributed by atoms with Gasteiger partial charge in [-0.1, -0.05) is 0 Å². The maximum atomic E-state index is 15.5. The molecule has 242 valence electrons. The van der Waals surface area contributed by atoms with Gasteiger partial charge in [0.15, 0.2) is 0 Å². The Morgan fingerprint density at radius 2 is 1.68 bits per heavy atom. The molecule has 0 saturated carbocycles. The van der Waals surface area contributed by atoms with Crippen LogP contribution in [0.15, 0.2) is 71.5 Å². The molecule has 0 atom stereocenters. The van der Waals surface area contributed by atoms with Gasteiger partial charge >= 0.3 is 12.1 Å². The lowest BCUT2D eigenvalue weighted by atomic mass is 10.1. The van der Waals surface area contributed by atoms with E-state index in [0.717, 1.165) is 24.5 Å². The third-order valence-electron chi connectivity index (χ3n) is 7.90. The summed E-state index contributed by atoms with van der Waals surface area (Å²) >= 11 is 0. The zero-order chi connectivity index (χ0) is 33.4. The third kappa shape index (κ3) is 6.19. The van der Waals surface area contributed by atoms with Crippen LogP contribution < -0.4 is 25.4 Å². The van der Waals surface area contributed by atoms with E-state index >= 15 is 8.78 Å². The molecule has 15 heteroatoms. The van der Waals surface area contributed by atoms with Gasteiger partial charge in [0.2, 0.25) is 11.3 Å². The van der Waals surface area contributed by atoms with Gasteiger partial charge in [0.1, 0.15) is 34.6 Å². The zero-order valence-corrected chi connectivity index (χ0v) is 24.9. The number of anilines is 3. The van der Waals surface area contributed by atoms with Gasteiger partial charge in [0, 0.05) is 45.8 Å². The van der Waals surface area contributed by atoms with E-state index in [1.165, 1.54) is 34.6 Å². The molecule has 2 aliphatic heterocycles. The second-order valence-corrected chi connectivity index (χ2v) is 10.9. The molecule has 2 aliphatic rings. The number of hydrogen-bond acceptors (Lipinski definition) is 8. The number of nitrogens with one attached hydrogen (secondary N) is 1. The van der Waals surface area contributed by atoms with E-state index in [1.807, 2.05) is 0 Å². The SMILES string of the molecule is CC(=O)NC/C=C1/CN(c2ccc(N3CCN(c4cc5c(cc4F)c(=O)c(C(=O)O)cn5-c4ccc(F)cn4)CC3)c(F)c2)C(=O)O1. The first-order valence-electron chi connectivity index (χ1n) is 14.5. The van der Waals surface area contributed by atoms with Crippen LogP contribution in [0.2, 0.25) is 0 Å². The van der Waals surface area contributed by atoms with E-state index in [1.54, 1.807) is 28.0 Å². The van der Waals surface area contributed by atoms with Crippen LogP contribution >= 0.6 is 0 Å². The fourth-order valence-corrected chi connectivity index (χ4v) is 5.57. The van der Waals surface area contributed by atoms with Gasteiger partial charge in [-0.2, -0.15) is 0 Å². The Morgan fingerprint density at radius 3 is 2.32 bits per heavy atom. The van der Waals surface area contributed by atoms with Crippen molar-refractivity contribution in [2.45, 2.75) is 6.92 Å². The van der Waals surface area contributed by atoms with E-state index in [4.69, 9.17) is 4.74 Å². The number of fused-ring (bicyclic) bond motifs is 1. The Hall–Kier alpha value is -5.86. The van der Waals surface area contributed by atoms with Crippen LogP contribution in [0, 0.1) is 17.5 Å². The number of cyclic esters (lactones) is 1. The number of aromatic nitrogens is 2. The second-order valence-electron chi connectivity index (χ2n) is 10.9. The van der Waals surface area contributed by atoms with Gasteiger partial charge in [-0.3, -0.25) is 14.5 Å². The van der Waals surface area contributed by atoms with Crippen molar-refractivity contribution < 1.29 is 37.4 Å². The maximum Gasteiger partial charge on any atom is 0.419 e. The van der Waals surface area contributed by atoms with Crippen molar-refractivity contribution in [1.82, 2.24) is 14.9 Å². The van der Waals surface area contributed by atoms with Crippen molar-refractivity contribution in [1.29, 1.82) is 0 Å². The van der Waals surface area contributed by atoms with E-state index in [0.29, 0.717) is 30.2 Å². The number of carboxylic acid groups (broad SMARTS) is 1. The highest BCUT2D eigenvalue weighted by Crippen LogP contribution is 2.31. The lowest BCUT2D eigenvalue weighted by Gasteiger charge is -2.37. The van der Waals surface area contributed by atoms with Gasteiger partial charge in [-0.15, -0.1) is 0 Å². The number of benzene rings is 2. The molecule has 0 unspecified atom stereocenters. The highest BCUT2D eigenvalue weighted by Gasteiger charge is 2.30. The number of carboxylic acids is 1. The number of carbonyl (C=O) groups is 3. The molecule has 47 heavy (non-hydrogen) atoms. The molecular weight excluding hydrogens is 621 g/mol. The summed E-state index contributed by atoms with van der Waals surface area (Å²) < 4.78 is 50.9. The highest BCUT2D eigenvalue weighted by molar-refractivity contribution is 5.94. The van der Waals surface area contributed by atoms with Crippen molar-refractivity contribution in [3.8, 4) is 5.82 Å². The number of nitrogens with zero attached hydrogens (tertiary/aromatic N) is 5. The average Bonchev–Trinajstić information content (AvgIpc) is 3.41. The summed E-state index contributed by atoms with van der Waals surface area (Å²) in [6.07, 6.45) is 2.91. The molecule has 0 spiro atoms. The number of carbonyl (C=O) groups excluding carboxylic acids is 2.